The highest BCUT2D eigenvalue weighted by Crippen LogP contribution is 2.19. The molecule has 4 rings (SSSR count). The number of hydrogen-bond acceptors (Lipinski definition) is 7. The predicted octanol–water partition coefficient (Wildman–Crippen LogP) is 1.09. The van der Waals surface area contributed by atoms with Crippen molar-refractivity contribution in [2.75, 3.05) is 10.0 Å². The Kier molecular flexibility index (Phi) is 4.52. The second kappa shape index (κ2) is 7.16. The molecule has 1 amide bonds. The molecule has 11 nitrogen and oxygen atoms in total. The first kappa shape index (κ1) is 18.3. The van der Waals surface area contributed by atoms with E-state index in [-0.39, 0.29) is 33.1 Å². The molecule has 0 spiro atoms. The lowest BCUT2D eigenvalue weighted by Crippen LogP contribution is -2.17. The molecule has 0 saturated carbocycles. The molecule has 0 aliphatic carbocycles. The molecule has 0 saturated heterocycles. The van der Waals surface area contributed by atoms with E-state index in [4.69, 9.17) is 0 Å². The Bertz CT molecular complexity index is 1360. The highest BCUT2D eigenvalue weighted by Gasteiger charge is 2.18. The lowest BCUT2D eigenvalue weighted by atomic mass is 10.2. The van der Waals surface area contributed by atoms with Gasteiger partial charge in [-0.2, -0.15) is 0 Å². The van der Waals surface area contributed by atoms with Gasteiger partial charge in [-0.15, -0.1) is 0 Å². The van der Waals surface area contributed by atoms with Crippen LogP contribution in [0, 0.1) is 0 Å². The standard InChI is InChI=1S/C17H13N7O4S/c25-15(12-8-20-14-13(12)16(26)22-9-21-14)23-10-3-1-4-11(7-10)29(27,28)24-17-18-5-2-6-19-17/h1-9H,(H,23,25)(H,18,19,24)(H2,20,21,22,26). The van der Waals surface area contributed by atoms with Crippen LogP contribution in [0.25, 0.3) is 11.0 Å². The van der Waals surface area contributed by atoms with E-state index >= 15 is 0 Å². The molecule has 0 aliphatic heterocycles. The van der Waals surface area contributed by atoms with Crippen LogP contribution in [-0.4, -0.2) is 39.2 Å². The van der Waals surface area contributed by atoms with Gasteiger partial charge in [0.15, 0.2) is 0 Å². The first-order chi connectivity index (χ1) is 13.9. The average molecular weight is 411 g/mol. The van der Waals surface area contributed by atoms with Gasteiger partial charge in [-0.1, -0.05) is 6.07 Å². The Balaban J connectivity index is 1.60. The van der Waals surface area contributed by atoms with Gasteiger partial charge in [0, 0.05) is 24.3 Å². The van der Waals surface area contributed by atoms with Gasteiger partial charge in [0.2, 0.25) is 5.95 Å². The summed E-state index contributed by atoms with van der Waals surface area (Å²) in [4.78, 5) is 41.2. The topological polar surface area (TPSA) is 163 Å². The third-order valence-electron chi connectivity index (χ3n) is 3.91. The molecule has 0 aliphatic rings. The quantitative estimate of drug-likeness (QED) is 0.382. The number of aromatic amines is 2. The molecule has 4 aromatic rings. The Morgan fingerprint density at radius 3 is 2.62 bits per heavy atom. The van der Waals surface area contributed by atoms with E-state index in [2.05, 4.69) is 35.0 Å². The van der Waals surface area contributed by atoms with Gasteiger partial charge in [-0.05, 0) is 24.3 Å². The molecule has 1 aromatic carbocycles. The number of nitrogens with one attached hydrogen (secondary N) is 4. The molecule has 4 N–H and O–H groups in total. The molecule has 146 valence electrons. The minimum atomic E-state index is -3.96. The van der Waals surface area contributed by atoms with Crippen LogP contribution in [0.15, 0.2) is 64.9 Å². The predicted molar refractivity (Wildman–Crippen MR) is 104 cm³/mol. The average Bonchev–Trinajstić information content (AvgIpc) is 3.14. The lowest BCUT2D eigenvalue weighted by Gasteiger charge is -2.09. The number of nitrogens with zero attached hydrogens (tertiary/aromatic N) is 3. The summed E-state index contributed by atoms with van der Waals surface area (Å²) in [6.07, 6.45) is 5.39. The second-order valence-electron chi connectivity index (χ2n) is 5.82. The maximum absolute atomic E-state index is 12.6. The third kappa shape index (κ3) is 3.68. The van der Waals surface area contributed by atoms with E-state index in [0.717, 1.165) is 0 Å². The van der Waals surface area contributed by atoms with Crippen LogP contribution in [0.1, 0.15) is 10.4 Å². The maximum Gasteiger partial charge on any atom is 0.264 e. The van der Waals surface area contributed by atoms with Crippen LogP contribution >= 0.6 is 0 Å². The summed E-state index contributed by atoms with van der Waals surface area (Å²) in [7, 11) is -3.96. The fourth-order valence-electron chi connectivity index (χ4n) is 2.62. The largest absolute Gasteiger partial charge is 0.345 e. The van der Waals surface area contributed by atoms with E-state index < -0.39 is 21.5 Å². The summed E-state index contributed by atoms with van der Waals surface area (Å²) in [6, 6.07) is 7.19. The smallest absolute Gasteiger partial charge is 0.264 e. The summed E-state index contributed by atoms with van der Waals surface area (Å²) in [5, 5.41) is 2.69. The molecular weight excluding hydrogens is 398 g/mol. The van der Waals surface area contributed by atoms with Gasteiger partial charge in [0.1, 0.15) is 5.65 Å². The van der Waals surface area contributed by atoms with Crippen molar-refractivity contribution in [3.8, 4) is 0 Å². The Morgan fingerprint density at radius 1 is 1.03 bits per heavy atom. The fourth-order valence-corrected chi connectivity index (χ4v) is 3.62. The number of anilines is 2. The molecule has 29 heavy (non-hydrogen) atoms. The summed E-state index contributed by atoms with van der Waals surface area (Å²) >= 11 is 0. The summed E-state index contributed by atoms with van der Waals surface area (Å²) in [5.74, 6) is -0.670. The summed E-state index contributed by atoms with van der Waals surface area (Å²) in [5.41, 5.74) is 0.104. The van der Waals surface area contributed by atoms with Crippen LogP contribution in [0.4, 0.5) is 11.6 Å². The van der Waals surface area contributed by atoms with Crippen LogP contribution in [0.3, 0.4) is 0 Å². The van der Waals surface area contributed by atoms with E-state index in [9.17, 15) is 18.0 Å². The zero-order chi connectivity index (χ0) is 20.4. The van der Waals surface area contributed by atoms with Crippen LogP contribution in [-0.2, 0) is 10.0 Å². The van der Waals surface area contributed by atoms with Gasteiger partial charge in [0.25, 0.3) is 21.5 Å². The number of aromatic nitrogens is 5. The Morgan fingerprint density at radius 2 is 1.83 bits per heavy atom. The molecule has 0 radical (unpaired) electrons. The highest BCUT2D eigenvalue weighted by atomic mass is 32.2. The first-order valence-electron chi connectivity index (χ1n) is 8.20. The van der Waals surface area contributed by atoms with Crippen molar-refractivity contribution < 1.29 is 13.2 Å². The number of carbonyl (C=O) groups is 1. The monoisotopic (exact) mass is 411 g/mol. The minimum Gasteiger partial charge on any atom is -0.345 e. The number of hydrogen-bond donors (Lipinski definition) is 4. The van der Waals surface area contributed by atoms with Gasteiger partial charge in [-0.25, -0.2) is 28.1 Å². The molecule has 0 atom stereocenters. The molecule has 3 aromatic heterocycles. The number of carbonyl (C=O) groups excluding carboxylic acids is 1. The number of fused-ring (bicyclic) bond motifs is 1. The molecule has 0 unspecified atom stereocenters. The van der Waals surface area contributed by atoms with Gasteiger partial charge in [0.05, 0.1) is 22.2 Å². The molecule has 12 heteroatoms. The third-order valence-corrected chi connectivity index (χ3v) is 5.24. The van der Waals surface area contributed by atoms with Crippen LogP contribution in [0.5, 0.6) is 0 Å². The number of benzene rings is 1. The van der Waals surface area contributed by atoms with Gasteiger partial charge >= 0.3 is 0 Å². The van der Waals surface area contributed by atoms with Crippen molar-refractivity contribution in [1.29, 1.82) is 0 Å². The number of sulfonamides is 1. The van der Waals surface area contributed by atoms with Gasteiger partial charge < -0.3 is 15.3 Å². The number of H-pyrrole nitrogens is 2. The SMILES string of the molecule is O=C(Nc1cccc(S(=O)(=O)Nc2ncccn2)c1)c1c[nH]c2nc[nH]c(=O)c12. The Labute approximate surface area is 163 Å². The normalized spacial score (nSPS) is 11.3. The van der Waals surface area contributed by atoms with E-state index in [0.29, 0.717) is 0 Å². The maximum atomic E-state index is 12.6. The number of rotatable bonds is 5. The minimum absolute atomic E-state index is 0.0764. The van der Waals surface area contributed by atoms with Crippen molar-refractivity contribution in [3.63, 3.8) is 0 Å². The van der Waals surface area contributed by atoms with Gasteiger partial charge in [-0.3, -0.25) is 9.59 Å². The van der Waals surface area contributed by atoms with E-state index in [1.54, 1.807) is 6.07 Å². The molecule has 0 fully saturated rings. The van der Waals surface area contributed by atoms with Crippen LogP contribution < -0.4 is 15.6 Å². The van der Waals surface area contributed by atoms with E-state index in [1.165, 1.54) is 49.2 Å². The molecular formula is C17H13N7O4S. The zero-order valence-electron chi connectivity index (χ0n) is 14.6. The van der Waals surface area contributed by atoms with E-state index in [1.807, 2.05) is 0 Å². The van der Waals surface area contributed by atoms with Crippen LogP contribution in [0.2, 0.25) is 0 Å². The van der Waals surface area contributed by atoms with Crippen molar-refractivity contribution in [2.24, 2.45) is 0 Å². The van der Waals surface area contributed by atoms with Crippen molar-refractivity contribution in [2.45, 2.75) is 4.90 Å². The molecule has 0 bridgehead atoms. The second-order valence-corrected chi connectivity index (χ2v) is 7.50. The van der Waals surface area contributed by atoms with Crippen molar-refractivity contribution in [3.05, 3.63) is 71.2 Å². The number of amides is 1. The lowest BCUT2D eigenvalue weighted by molar-refractivity contribution is 0.102. The molecule has 3 heterocycles. The van der Waals surface area contributed by atoms with Crippen molar-refractivity contribution in [1.82, 2.24) is 24.9 Å². The zero-order valence-corrected chi connectivity index (χ0v) is 15.4. The van der Waals surface area contributed by atoms with Crippen molar-refractivity contribution >= 4 is 38.6 Å². The Hall–Kier alpha value is -4.06. The fraction of sp³-hybridized carbons (Fsp3) is 0. The first-order valence-corrected chi connectivity index (χ1v) is 9.68. The highest BCUT2D eigenvalue weighted by molar-refractivity contribution is 7.92. The summed E-state index contributed by atoms with van der Waals surface area (Å²) < 4.78 is 27.3. The summed E-state index contributed by atoms with van der Waals surface area (Å²) in [6.45, 7) is 0.